The van der Waals surface area contributed by atoms with E-state index in [1.807, 2.05) is 13.8 Å². The van der Waals surface area contributed by atoms with Crippen molar-refractivity contribution in [2.45, 2.75) is 79.9 Å². The monoisotopic (exact) mass is 490 g/mol. The van der Waals surface area contributed by atoms with Crippen molar-refractivity contribution in [1.82, 2.24) is 19.9 Å². The van der Waals surface area contributed by atoms with E-state index in [-0.39, 0.29) is 22.8 Å². The van der Waals surface area contributed by atoms with Crippen LogP contribution < -0.4 is 10.2 Å². The molecule has 0 spiro atoms. The molecule has 3 aliphatic rings. The summed E-state index contributed by atoms with van der Waals surface area (Å²) in [5.41, 5.74) is 0.492. The molecule has 2 aromatic rings. The van der Waals surface area contributed by atoms with Crippen molar-refractivity contribution in [3.8, 4) is 0 Å². The molecule has 0 amide bonds. The summed E-state index contributed by atoms with van der Waals surface area (Å²) in [6.45, 7) is 5.72. The smallest absolute Gasteiger partial charge is 0.227 e. The molecule has 1 unspecified atom stereocenters. The fourth-order valence-corrected chi connectivity index (χ4v) is 6.56. The van der Waals surface area contributed by atoms with Crippen LogP contribution in [0.3, 0.4) is 0 Å². The number of aliphatic hydroxyl groups is 1. The zero-order valence-corrected chi connectivity index (χ0v) is 20.8. The molecule has 5 rings (SSSR count). The maximum Gasteiger partial charge on any atom is 0.227 e. The van der Waals surface area contributed by atoms with Crippen molar-refractivity contribution in [2.24, 2.45) is 0 Å². The number of aromatic nitrogens is 4. The SMILES string of the molecule is CC1(C)Cc2nc(N3CCCC(c4ncc(Cl)cn4)CC3)nc(NC3(CO)CCC3)c2[S@]1=O. The van der Waals surface area contributed by atoms with E-state index in [0.29, 0.717) is 28.1 Å². The van der Waals surface area contributed by atoms with Crippen LogP contribution >= 0.6 is 11.6 Å². The van der Waals surface area contributed by atoms with Crippen LogP contribution in [0.4, 0.5) is 11.8 Å². The Balaban J connectivity index is 1.43. The second-order valence-electron chi connectivity index (χ2n) is 10.1. The van der Waals surface area contributed by atoms with Crippen molar-refractivity contribution >= 4 is 34.2 Å². The van der Waals surface area contributed by atoms with E-state index in [4.69, 9.17) is 21.6 Å². The minimum atomic E-state index is -1.20. The van der Waals surface area contributed by atoms with Gasteiger partial charge >= 0.3 is 0 Å². The highest BCUT2D eigenvalue weighted by Gasteiger charge is 2.44. The van der Waals surface area contributed by atoms with E-state index < -0.39 is 10.8 Å². The Bertz CT molecular complexity index is 1050. The van der Waals surface area contributed by atoms with E-state index in [0.717, 1.165) is 63.1 Å². The van der Waals surface area contributed by atoms with Gasteiger partial charge in [0.25, 0.3) is 0 Å². The fraction of sp³-hybridized carbons (Fsp3) is 0.652. The highest BCUT2D eigenvalue weighted by Crippen LogP contribution is 2.43. The highest BCUT2D eigenvalue weighted by molar-refractivity contribution is 7.87. The number of fused-ring (bicyclic) bond motifs is 1. The molecule has 0 radical (unpaired) electrons. The molecule has 1 saturated carbocycles. The lowest BCUT2D eigenvalue weighted by Gasteiger charge is -2.41. The zero-order chi connectivity index (χ0) is 23.2. The molecule has 4 heterocycles. The third-order valence-corrected chi connectivity index (χ3v) is 9.36. The third kappa shape index (κ3) is 4.35. The minimum Gasteiger partial charge on any atom is -0.394 e. The Morgan fingerprint density at radius 1 is 1.18 bits per heavy atom. The molecular formula is C23H31ClN6O2S. The molecule has 0 bridgehead atoms. The Morgan fingerprint density at radius 2 is 1.94 bits per heavy atom. The van der Waals surface area contributed by atoms with Gasteiger partial charge in [-0.05, 0) is 52.4 Å². The summed E-state index contributed by atoms with van der Waals surface area (Å²) in [5.74, 6) is 2.43. The molecule has 2 aromatic heterocycles. The molecule has 178 valence electrons. The maximum absolute atomic E-state index is 13.3. The van der Waals surface area contributed by atoms with Gasteiger partial charge in [0, 0.05) is 37.8 Å². The van der Waals surface area contributed by atoms with Gasteiger partial charge in [-0.15, -0.1) is 0 Å². The van der Waals surface area contributed by atoms with Crippen molar-refractivity contribution in [3.63, 3.8) is 0 Å². The number of hydrogen-bond donors (Lipinski definition) is 2. The Morgan fingerprint density at radius 3 is 2.61 bits per heavy atom. The quantitative estimate of drug-likeness (QED) is 0.656. The first-order valence-electron chi connectivity index (χ1n) is 11.7. The average Bonchev–Trinajstić information content (AvgIpc) is 2.91. The van der Waals surface area contributed by atoms with Crippen LogP contribution in [0.25, 0.3) is 0 Å². The lowest BCUT2D eigenvalue weighted by Crippen LogP contribution is -2.48. The molecule has 2 N–H and O–H groups in total. The van der Waals surface area contributed by atoms with Crippen LogP contribution in [-0.4, -0.2) is 59.2 Å². The molecule has 1 aliphatic carbocycles. The third-order valence-electron chi connectivity index (χ3n) is 7.22. The maximum atomic E-state index is 13.3. The van der Waals surface area contributed by atoms with Gasteiger partial charge in [0.1, 0.15) is 16.5 Å². The summed E-state index contributed by atoms with van der Waals surface area (Å²) < 4.78 is 12.9. The number of nitrogens with zero attached hydrogens (tertiary/aromatic N) is 5. The topological polar surface area (TPSA) is 104 Å². The minimum absolute atomic E-state index is 0.0453. The summed E-state index contributed by atoms with van der Waals surface area (Å²) in [6, 6.07) is 0. The van der Waals surface area contributed by atoms with E-state index in [1.165, 1.54) is 0 Å². The van der Waals surface area contributed by atoms with Gasteiger partial charge in [-0.25, -0.2) is 15.0 Å². The molecule has 8 nitrogen and oxygen atoms in total. The molecule has 0 aromatic carbocycles. The van der Waals surface area contributed by atoms with Gasteiger partial charge in [0.05, 0.1) is 38.4 Å². The van der Waals surface area contributed by atoms with Gasteiger partial charge in [-0.1, -0.05) is 11.6 Å². The van der Waals surface area contributed by atoms with Gasteiger partial charge in [0.2, 0.25) is 5.95 Å². The lowest BCUT2D eigenvalue weighted by atomic mass is 9.77. The average molecular weight is 491 g/mol. The van der Waals surface area contributed by atoms with E-state index >= 15 is 0 Å². The lowest BCUT2D eigenvalue weighted by molar-refractivity contribution is 0.143. The highest BCUT2D eigenvalue weighted by atomic mass is 35.5. The molecule has 1 saturated heterocycles. The van der Waals surface area contributed by atoms with Gasteiger partial charge in [-0.2, -0.15) is 4.98 Å². The first-order chi connectivity index (χ1) is 15.8. The number of halogens is 1. The molecule has 2 atom stereocenters. The van der Waals surface area contributed by atoms with Crippen LogP contribution in [0.1, 0.15) is 69.8 Å². The van der Waals surface area contributed by atoms with Crippen LogP contribution in [0.5, 0.6) is 0 Å². The predicted molar refractivity (Wildman–Crippen MR) is 129 cm³/mol. The van der Waals surface area contributed by atoms with Crippen molar-refractivity contribution in [2.75, 3.05) is 29.9 Å². The molecule has 2 fully saturated rings. The summed E-state index contributed by atoms with van der Waals surface area (Å²) in [6.07, 6.45) is 9.71. The summed E-state index contributed by atoms with van der Waals surface area (Å²) in [7, 11) is -1.20. The number of anilines is 2. The predicted octanol–water partition coefficient (Wildman–Crippen LogP) is 3.46. The van der Waals surface area contributed by atoms with Crippen molar-refractivity contribution in [1.29, 1.82) is 0 Å². The standard InChI is InChI=1S/C23H31ClN6O2S/c1-22(2)11-17-18(33(22)32)20(29-23(14-31)7-4-8-23)28-21(27-17)30-9-3-5-15(6-10-30)19-25-12-16(24)13-26-19/h12-13,15,31H,3-11,14H2,1-2H3,(H,27,28,29)/t15?,33-/m1/s1. The Labute approximate surface area is 202 Å². The van der Waals surface area contributed by atoms with Crippen LogP contribution in [0.2, 0.25) is 5.02 Å². The van der Waals surface area contributed by atoms with Gasteiger partial charge in [0.15, 0.2) is 0 Å². The van der Waals surface area contributed by atoms with Crippen LogP contribution in [0, 0.1) is 0 Å². The number of aliphatic hydroxyl groups excluding tert-OH is 1. The van der Waals surface area contributed by atoms with Gasteiger partial charge < -0.3 is 15.3 Å². The molecule has 10 heteroatoms. The number of hydrogen-bond acceptors (Lipinski definition) is 8. The largest absolute Gasteiger partial charge is 0.394 e. The number of rotatable bonds is 5. The Kier molecular flexibility index (Phi) is 6.07. The van der Waals surface area contributed by atoms with E-state index in [9.17, 15) is 9.32 Å². The zero-order valence-electron chi connectivity index (χ0n) is 19.2. The van der Waals surface area contributed by atoms with Crippen LogP contribution in [0.15, 0.2) is 17.3 Å². The van der Waals surface area contributed by atoms with Crippen molar-refractivity contribution < 1.29 is 9.32 Å². The van der Waals surface area contributed by atoms with Crippen LogP contribution in [-0.2, 0) is 17.2 Å². The van der Waals surface area contributed by atoms with E-state index in [2.05, 4.69) is 20.2 Å². The van der Waals surface area contributed by atoms with Crippen molar-refractivity contribution in [3.05, 3.63) is 28.9 Å². The molecule has 33 heavy (non-hydrogen) atoms. The second kappa shape index (κ2) is 8.74. The first-order valence-corrected chi connectivity index (χ1v) is 13.3. The summed E-state index contributed by atoms with van der Waals surface area (Å²) in [5, 5.41) is 14.1. The Hall–Kier alpha value is -1.84. The normalized spacial score (nSPS) is 25.8. The summed E-state index contributed by atoms with van der Waals surface area (Å²) in [4.78, 5) is 21.6. The van der Waals surface area contributed by atoms with E-state index in [1.54, 1.807) is 12.4 Å². The second-order valence-corrected chi connectivity index (χ2v) is 12.6. The summed E-state index contributed by atoms with van der Waals surface area (Å²) >= 11 is 5.96. The first kappa shape index (κ1) is 22.9. The molecule has 2 aliphatic heterocycles. The number of nitrogens with one attached hydrogen (secondary N) is 1. The molecular weight excluding hydrogens is 460 g/mol. The fourth-order valence-electron chi connectivity index (χ4n) is 5.03. The van der Waals surface area contributed by atoms with Gasteiger partial charge in [-0.3, -0.25) is 4.21 Å².